The van der Waals surface area contributed by atoms with Crippen molar-refractivity contribution in [3.63, 3.8) is 0 Å². The number of hydrogen-bond donors (Lipinski definition) is 1. The molecule has 1 N–H and O–H groups in total. The molecule has 1 aliphatic heterocycles. The predicted octanol–water partition coefficient (Wildman–Crippen LogP) is 2.74. The van der Waals surface area contributed by atoms with Gasteiger partial charge in [0.05, 0.1) is 13.7 Å². The van der Waals surface area contributed by atoms with Gasteiger partial charge >= 0.3 is 0 Å². The molecule has 22 heavy (non-hydrogen) atoms. The van der Waals surface area contributed by atoms with Crippen molar-refractivity contribution in [2.45, 2.75) is 32.7 Å². The van der Waals surface area contributed by atoms with Crippen LogP contribution in [0.15, 0.2) is 18.2 Å². The molecule has 122 valence electrons. The van der Waals surface area contributed by atoms with E-state index in [9.17, 15) is 9.18 Å². The average Bonchev–Trinajstić information content (AvgIpc) is 2.53. The summed E-state index contributed by atoms with van der Waals surface area (Å²) in [5, 5.41) is 3.21. The van der Waals surface area contributed by atoms with E-state index in [4.69, 9.17) is 4.74 Å². The van der Waals surface area contributed by atoms with E-state index in [0.717, 1.165) is 31.5 Å². The molecule has 0 aliphatic carbocycles. The zero-order valence-corrected chi connectivity index (χ0v) is 13.6. The number of halogens is 1. The molecule has 5 heteroatoms. The second kappa shape index (κ2) is 7.58. The Bertz CT molecular complexity index is 513. The summed E-state index contributed by atoms with van der Waals surface area (Å²) in [6.07, 6.45) is 2.16. The molecule has 1 aliphatic rings. The molecule has 1 amide bonds. The van der Waals surface area contributed by atoms with Gasteiger partial charge in [0.2, 0.25) is 5.91 Å². The molecule has 1 unspecified atom stereocenters. The molecule has 0 bridgehead atoms. The van der Waals surface area contributed by atoms with E-state index in [-0.39, 0.29) is 23.5 Å². The number of nitrogens with zero attached hydrogens (tertiary/aromatic N) is 1. The number of benzene rings is 1. The maximum Gasteiger partial charge on any atom is 0.236 e. The van der Waals surface area contributed by atoms with Crippen LogP contribution in [-0.2, 0) is 4.79 Å². The molecule has 1 aromatic rings. The van der Waals surface area contributed by atoms with E-state index in [2.05, 4.69) is 12.2 Å². The first-order valence-corrected chi connectivity index (χ1v) is 7.86. The predicted molar refractivity (Wildman–Crippen MR) is 84.3 cm³/mol. The highest BCUT2D eigenvalue weighted by Crippen LogP contribution is 2.22. The highest BCUT2D eigenvalue weighted by molar-refractivity contribution is 5.78. The summed E-state index contributed by atoms with van der Waals surface area (Å²) >= 11 is 0. The molecular formula is C17H25FN2O2. The van der Waals surface area contributed by atoms with Gasteiger partial charge in [-0.1, -0.05) is 13.0 Å². The minimum absolute atomic E-state index is 0.0397. The lowest BCUT2D eigenvalue weighted by Crippen LogP contribution is -2.43. The molecule has 1 fully saturated rings. The molecule has 1 atom stereocenters. The van der Waals surface area contributed by atoms with E-state index < -0.39 is 0 Å². The fraction of sp³-hybridized carbons (Fsp3) is 0.588. The van der Waals surface area contributed by atoms with Crippen LogP contribution in [0.25, 0.3) is 0 Å². The zero-order valence-electron chi connectivity index (χ0n) is 13.6. The van der Waals surface area contributed by atoms with E-state index in [0.29, 0.717) is 12.5 Å². The number of carbonyl (C=O) groups is 1. The molecule has 1 aromatic carbocycles. The summed E-state index contributed by atoms with van der Waals surface area (Å²) < 4.78 is 18.4. The first kappa shape index (κ1) is 16.7. The third kappa shape index (κ3) is 4.19. The van der Waals surface area contributed by atoms with Crippen molar-refractivity contribution in [1.29, 1.82) is 0 Å². The standard InChI is InChI=1S/C17H25FN2O2/c1-12-6-8-20(9-7-12)17(21)11-19-13(2)14-4-5-15(18)16(10-14)22-3/h4-5,10,12-13,19H,6-9,11H2,1-3H3. The molecule has 0 saturated carbocycles. The second-order valence-corrected chi connectivity index (χ2v) is 6.06. The molecule has 0 radical (unpaired) electrons. The molecular weight excluding hydrogens is 283 g/mol. The number of nitrogens with one attached hydrogen (secondary N) is 1. The van der Waals surface area contributed by atoms with Gasteiger partial charge in [-0.3, -0.25) is 4.79 Å². The maximum atomic E-state index is 13.4. The molecule has 2 rings (SSSR count). The monoisotopic (exact) mass is 308 g/mol. The summed E-state index contributed by atoms with van der Waals surface area (Å²) in [4.78, 5) is 14.1. The molecule has 0 spiro atoms. The summed E-state index contributed by atoms with van der Waals surface area (Å²) in [6, 6.07) is 4.73. The Morgan fingerprint density at radius 2 is 2.14 bits per heavy atom. The third-order valence-corrected chi connectivity index (χ3v) is 4.37. The minimum Gasteiger partial charge on any atom is -0.494 e. The number of hydrogen-bond acceptors (Lipinski definition) is 3. The molecule has 4 nitrogen and oxygen atoms in total. The quantitative estimate of drug-likeness (QED) is 0.909. The fourth-order valence-corrected chi connectivity index (χ4v) is 2.67. The van der Waals surface area contributed by atoms with Gasteiger partial charge in [0.25, 0.3) is 0 Å². The summed E-state index contributed by atoms with van der Waals surface area (Å²) in [5.74, 6) is 0.690. The lowest BCUT2D eigenvalue weighted by molar-refractivity contribution is -0.131. The van der Waals surface area contributed by atoms with Gasteiger partial charge < -0.3 is 15.0 Å². The molecule has 1 saturated heterocycles. The van der Waals surface area contributed by atoms with Crippen LogP contribution in [0.1, 0.15) is 38.3 Å². The normalized spacial score (nSPS) is 17.4. The maximum absolute atomic E-state index is 13.4. The highest BCUT2D eigenvalue weighted by Gasteiger charge is 2.20. The smallest absolute Gasteiger partial charge is 0.236 e. The number of piperidine rings is 1. The van der Waals surface area contributed by atoms with Gasteiger partial charge in [-0.2, -0.15) is 0 Å². The average molecular weight is 308 g/mol. The van der Waals surface area contributed by atoms with E-state index in [1.165, 1.54) is 13.2 Å². The van der Waals surface area contributed by atoms with Crippen LogP contribution in [0.5, 0.6) is 5.75 Å². The summed E-state index contributed by atoms with van der Waals surface area (Å²) in [5.41, 5.74) is 0.901. The Morgan fingerprint density at radius 3 is 2.77 bits per heavy atom. The lowest BCUT2D eigenvalue weighted by Gasteiger charge is -2.30. The molecule has 1 heterocycles. The largest absolute Gasteiger partial charge is 0.494 e. The van der Waals surface area contributed by atoms with Gasteiger partial charge in [-0.05, 0) is 43.4 Å². The van der Waals surface area contributed by atoms with Crippen LogP contribution >= 0.6 is 0 Å². The number of ether oxygens (including phenoxy) is 1. The SMILES string of the molecule is COc1cc(C(C)NCC(=O)N2CCC(C)CC2)ccc1F. The van der Waals surface area contributed by atoms with Crippen LogP contribution in [0, 0.1) is 11.7 Å². The van der Waals surface area contributed by atoms with E-state index >= 15 is 0 Å². The number of carbonyl (C=O) groups excluding carboxylic acids is 1. The lowest BCUT2D eigenvalue weighted by atomic mass is 9.99. The van der Waals surface area contributed by atoms with Gasteiger partial charge in [-0.15, -0.1) is 0 Å². The summed E-state index contributed by atoms with van der Waals surface area (Å²) in [6.45, 7) is 6.18. The van der Waals surface area contributed by atoms with Crippen molar-refractivity contribution in [3.8, 4) is 5.75 Å². The molecule has 0 aromatic heterocycles. The Kier molecular flexibility index (Phi) is 5.77. The number of likely N-dealkylation sites (tertiary alicyclic amines) is 1. The van der Waals surface area contributed by atoms with Crippen molar-refractivity contribution < 1.29 is 13.9 Å². The first-order chi connectivity index (χ1) is 10.5. The van der Waals surface area contributed by atoms with Crippen LogP contribution in [0.3, 0.4) is 0 Å². The van der Waals surface area contributed by atoms with Crippen molar-refractivity contribution in [3.05, 3.63) is 29.6 Å². The van der Waals surface area contributed by atoms with Crippen LogP contribution < -0.4 is 10.1 Å². The Labute approximate surface area is 131 Å². The number of rotatable bonds is 5. The van der Waals surface area contributed by atoms with E-state index in [1.54, 1.807) is 12.1 Å². The fourth-order valence-electron chi connectivity index (χ4n) is 2.67. The second-order valence-electron chi connectivity index (χ2n) is 6.06. The Hall–Kier alpha value is -1.62. The van der Waals surface area contributed by atoms with E-state index in [1.807, 2.05) is 11.8 Å². The number of methoxy groups -OCH3 is 1. The first-order valence-electron chi connectivity index (χ1n) is 7.86. The topological polar surface area (TPSA) is 41.6 Å². The minimum atomic E-state index is -0.378. The van der Waals surface area contributed by atoms with Gasteiger partial charge in [0, 0.05) is 19.1 Å². The van der Waals surface area contributed by atoms with Crippen molar-refractivity contribution >= 4 is 5.91 Å². The Morgan fingerprint density at radius 1 is 1.45 bits per heavy atom. The zero-order chi connectivity index (χ0) is 16.1. The Balaban J connectivity index is 1.87. The van der Waals surface area contributed by atoms with Crippen molar-refractivity contribution in [2.75, 3.05) is 26.7 Å². The number of amides is 1. The van der Waals surface area contributed by atoms with Crippen LogP contribution in [0.4, 0.5) is 4.39 Å². The van der Waals surface area contributed by atoms with Gasteiger partial charge in [0.1, 0.15) is 0 Å². The highest BCUT2D eigenvalue weighted by atomic mass is 19.1. The summed E-state index contributed by atoms with van der Waals surface area (Å²) in [7, 11) is 1.45. The van der Waals surface area contributed by atoms with Crippen LogP contribution in [-0.4, -0.2) is 37.6 Å². The van der Waals surface area contributed by atoms with Crippen molar-refractivity contribution in [2.24, 2.45) is 5.92 Å². The third-order valence-electron chi connectivity index (χ3n) is 4.37. The van der Waals surface area contributed by atoms with Gasteiger partial charge in [-0.25, -0.2) is 4.39 Å². The van der Waals surface area contributed by atoms with Crippen molar-refractivity contribution in [1.82, 2.24) is 10.2 Å². The van der Waals surface area contributed by atoms with Gasteiger partial charge in [0.15, 0.2) is 11.6 Å². The van der Waals surface area contributed by atoms with Crippen LogP contribution in [0.2, 0.25) is 0 Å².